The second-order valence-corrected chi connectivity index (χ2v) is 9.22. The average molecular weight is 414 g/mol. The van der Waals surface area contributed by atoms with E-state index in [4.69, 9.17) is 4.98 Å². The standard InChI is InChI=1S/C21H27N5O2S/c1-12(26-16(5)14(3)15(4)23-26)10-19(27)24-7-6-18-22-20-17(11-13(2)29-20)21(28)25(18)9-8-24/h11-12H,6-10H2,1-5H3. The molecule has 154 valence electrons. The number of carbonyl (C=O) groups excluding carboxylic acids is 1. The number of hydrogen-bond acceptors (Lipinski definition) is 5. The summed E-state index contributed by atoms with van der Waals surface area (Å²) in [4.78, 5) is 34.3. The molecule has 0 aliphatic carbocycles. The Bertz CT molecular complexity index is 1160. The third-order valence-corrected chi connectivity index (χ3v) is 6.92. The van der Waals surface area contributed by atoms with Crippen LogP contribution in [0.25, 0.3) is 10.2 Å². The predicted octanol–water partition coefficient (Wildman–Crippen LogP) is 2.92. The van der Waals surface area contributed by atoms with E-state index in [9.17, 15) is 9.59 Å². The molecule has 0 saturated carbocycles. The molecule has 0 aromatic carbocycles. The molecule has 0 spiro atoms. The minimum Gasteiger partial charge on any atom is -0.340 e. The van der Waals surface area contributed by atoms with E-state index < -0.39 is 0 Å². The summed E-state index contributed by atoms with van der Waals surface area (Å²) < 4.78 is 3.70. The summed E-state index contributed by atoms with van der Waals surface area (Å²) >= 11 is 1.55. The number of hydrogen-bond donors (Lipinski definition) is 0. The monoisotopic (exact) mass is 413 g/mol. The average Bonchev–Trinajstić information content (AvgIpc) is 3.07. The van der Waals surface area contributed by atoms with E-state index in [1.165, 1.54) is 5.56 Å². The lowest BCUT2D eigenvalue weighted by Gasteiger charge is -2.22. The normalized spacial score (nSPS) is 15.4. The highest BCUT2D eigenvalue weighted by molar-refractivity contribution is 7.18. The van der Waals surface area contributed by atoms with Crippen molar-refractivity contribution >= 4 is 27.5 Å². The summed E-state index contributed by atoms with van der Waals surface area (Å²) in [5.74, 6) is 0.878. The number of rotatable bonds is 3. The zero-order valence-electron chi connectivity index (χ0n) is 17.7. The van der Waals surface area contributed by atoms with Crippen LogP contribution in [0, 0.1) is 27.7 Å². The molecule has 7 nitrogen and oxygen atoms in total. The Morgan fingerprint density at radius 2 is 1.97 bits per heavy atom. The Kier molecular flexibility index (Phi) is 5.06. The first-order valence-electron chi connectivity index (χ1n) is 10.1. The van der Waals surface area contributed by atoms with E-state index in [2.05, 4.69) is 12.0 Å². The van der Waals surface area contributed by atoms with Gasteiger partial charge in [0.2, 0.25) is 5.91 Å². The van der Waals surface area contributed by atoms with Crippen molar-refractivity contribution in [2.75, 3.05) is 13.1 Å². The first-order valence-corrected chi connectivity index (χ1v) is 10.9. The molecule has 8 heteroatoms. The van der Waals surface area contributed by atoms with Gasteiger partial charge >= 0.3 is 0 Å². The number of aromatic nitrogens is 4. The van der Waals surface area contributed by atoms with Crippen LogP contribution in [0.3, 0.4) is 0 Å². The zero-order valence-corrected chi connectivity index (χ0v) is 18.5. The topological polar surface area (TPSA) is 73.0 Å². The second-order valence-electron chi connectivity index (χ2n) is 7.99. The van der Waals surface area contributed by atoms with Gasteiger partial charge in [-0.3, -0.25) is 18.8 Å². The number of amides is 1. The van der Waals surface area contributed by atoms with Gasteiger partial charge in [-0.15, -0.1) is 11.3 Å². The Balaban J connectivity index is 1.50. The van der Waals surface area contributed by atoms with Crippen molar-refractivity contribution in [1.82, 2.24) is 24.2 Å². The van der Waals surface area contributed by atoms with Crippen molar-refractivity contribution in [3.05, 3.63) is 44.1 Å². The van der Waals surface area contributed by atoms with Gasteiger partial charge in [-0.25, -0.2) is 4.98 Å². The van der Waals surface area contributed by atoms with Crippen LogP contribution in [-0.4, -0.2) is 43.2 Å². The Morgan fingerprint density at radius 3 is 2.66 bits per heavy atom. The van der Waals surface area contributed by atoms with Crippen LogP contribution in [0.5, 0.6) is 0 Å². The molecule has 29 heavy (non-hydrogen) atoms. The molecule has 0 bridgehead atoms. The van der Waals surface area contributed by atoms with Crippen molar-refractivity contribution in [2.45, 2.75) is 60.0 Å². The van der Waals surface area contributed by atoms with Gasteiger partial charge < -0.3 is 4.90 Å². The third kappa shape index (κ3) is 3.50. The van der Waals surface area contributed by atoms with Crippen LogP contribution in [0.2, 0.25) is 0 Å². The van der Waals surface area contributed by atoms with Crippen molar-refractivity contribution < 1.29 is 4.79 Å². The largest absolute Gasteiger partial charge is 0.340 e. The number of fused-ring (bicyclic) bond motifs is 2. The molecule has 3 aromatic rings. The first kappa shape index (κ1) is 19.8. The van der Waals surface area contributed by atoms with Gasteiger partial charge in [0.05, 0.1) is 17.1 Å². The summed E-state index contributed by atoms with van der Waals surface area (Å²) in [6.45, 7) is 11.7. The molecule has 0 radical (unpaired) electrons. The highest BCUT2D eigenvalue weighted by atomic mass is 32.1. The van der Waals surface area contributed by atoms with Crippen molar-refractivity contribution in [2.24, 2.45) is 0 Å². The maximum Gasteiger partial charge on any atom is 0.262 e. The number of nitrogens with zero attached hydrogens (tertiary/aromatic N) is 5. The van der Waals surface area contributed by atoms with E-state index in [1.807, 2.05) is 43.3 Å². The molecule has 1 unspecified atom stereocenters. The highest BCUT2D eigenvalue weighted by Gasteiger charge is 2.24. The van der Waals surface area contributed by atoms with Crippen LogP contribution in [0.4, 0.5) is 0 Å². The first-order chi connectivity index (χ1) is 13.8. The fraction of sp³-hybridized carbons (Fsp3) is 0.524. The van der Waals surface area contributed by atoms with Gasteiger partial charge in [-0.2, -0.15) is 5.10 Å². The van der Waals surface area contributed by atoms with E-state index in [0.717, 1.165) is 26.9 Å². The smallest absolute Gasteiger partial charge is 0.262 e. The molecule has 1 aliphatic rings. The molecule has 4 heterocycles. The summed E-state index contributed by atoms with van der Waals surface area (Å²) in [6, 6.07) is 1.91. The molecule has 0 N–H and O–H groups in total. The molecule has 0 fully saturated rings. The van der Waals surface area contributed by atoms with Crippen LogP contribution in [-0.2, 0) is 17.8 Å². The van der Waals surface area contributed by atoms with Gasteiger partial charge in [0.15, 0.2) is 0 Å². The molecule has 0 saturated heterocycles. The zero-order chi connectivity index (χ0) is 20.9. The minimum atomic E-state index is -0.00492. The molecular formula is C21H27N5O2S. The molecule has 1 amide bonds. The van der Waals surface area contributed by atoms with Crippen molar-refractivity contribution in [3.63, 3.8) is 0 Å². The molecule has 1 aliphatic heterocycles. The van der Waals surface area contributed by atoms with Gasteiger partial charge in [0.25, 0.3) is 5.56 Å². The van der Waals surface area contributed by atoms with Gasteiger partial charge in [-0.05, 0) is 46.2 Å². The van der Waals surface area contributed by atoms with E-state index >= 15 is 0 Å². The Labute approximate surface area is 174 Å². The Morgan fingerprint density at radius 1 is 1.21 bits per heavy atom. The maximum absolute atomic E-state index is 13.0. The lowest BCUT2D eigenvalue weighted by molar-refractivity contribution is -0.132. The number of aryl methyl sites for hydroxylation is 2. The van der Waals surface area contributed by atoms with Gasteiger partial charge in [0, 0.05) is 43.0 Å². The summed E-state index contributed by atoms with van der Waals surface area (Å²) in [7, 11) is 0. The fourth-order valence-electron chi connectivity index (χ4n) is 4.06. The number of carbonyl (C=O) groups is 1. The molecule has 1 atom stereocenters. The molecule has 4 rings (SSSR count). The third-order valence-electron chi connectivity index (χ3n) is 5.98. The molecular weight excluding hydrogens is 386 g/mol. The van der Waals surface area contributed by atoms with Crippen LogP contribution in [0.15, 0.2) is 10.9 Å². The SMILES string of the molecule is Cc1cc2c(=O)n3c(nc2s1)CCN(C(=O)CC(C)n1nc(C)c(C)c1C)CC3. The quantitative estimate of drug-likeness (QED) is 0.662. The van der Waals surface area contributed by atoms with Gasteiger partial charge in [-0.1, -0.05) is 0 Å². The van der Waals surface area contributed by atoms with Crippen LogP contribution < -0.4 is 5.56 Å². The van der Waals surface area contributed by atoms with Crippen LogP contribution in [0.1, 0.15) is 47.0 Å². The Hall–Kier alpha value is -2.48. The van der Waals surface area contributed by atoms with E-state index in [-0.39, 0.29) is 17.5 Å². The number of thiophene rings is 1. The fourth-order valence-corrected chi connectivity index (χ4v) is 4.95. The van der Waals surface area contributed by atoms with Crippen molar-refractivity contribution in [1.29, 1.82) is 0 Å². The van der Waals surface area contributed by atoms with E-state index in [0.29, 0.717) is 37.9 Å². The minimum absolute atomic E-state index is 0.00492. The predicted molar refractivity (Wildman–Crippen MR) is 115 cm³/mol. The summed E-state index contributed by atoms with van der Waals surface area (Å²) in [5.41, 5.74) is 3.30. The lowest BCUT2D eigenvalue weighted by Crippen LogP contribution is -2.35. The van der Waals surface area contributed by atoms with Crippen LogP contribution >= 0.6 is 11.3 Å². The highest BCUT2D eigenvalue weighted by Crippen LogP contribution is 2.22. The summed E-state index contributed by atoms with van der Waals surface area (Å²) in [6.07, 6.45) is 0.996. The van der Waals surface area contributed by atoms with E-state index in [1.54, 1.807) is 15.9 Å². The molecule has 3 aromatic heterocycles. The second kappa shape index (κ2) is 7.40. The lowest BCUT2D eigenvalue weighted by atomic mass is 10.2. The van der Waals surface area contributed by atoms with Gasteiger partial charge in [0.1, 0.15) is 10.7 Å². The van der Waals surface area contributed by atoms with Crippen molar-refractivity contribution in [3.8, 4) is 0 Å². The summed E-state index contributed by atoms with van der Waals surface area (Å²) in [5, 5.41) is 5.28. The maximum atomic E-state index is 13.0.